The Morgan fingerprint density at radius 1 is 0.941 bits per heavy atom. The van der Waals surface area contributed by atoms with Crippen LogP contribution in [0.25, 0.3) is 0 Å². The molecule has 0 aromatic rings. The molecular weight excluding hydrogens is 204 g/mol. The normalized spacial score (nSPS) is 28.9. The number of hydrogen-bond donors (Lipinski definition) is 0. The quantitative estimate of drug-likeness (QED) is 0.473. The van der Waals surface area contributed by atoms with Gasteiger partial charge in [0.1, 0.15) is 0 Å². The Bertz CT molecular complexity index is 176. The van der Waals surface area contributed by atoms with Crippen LogP contribution in [0.2, 0.25) is 0 Å². The van der Waals surface area contributed by atoms with Crippen LogP contribution in [0.5, 0.6) is 0 Å². The molecule has 0 heterocycles. The zero-order valence-corrected chi connectivity index (χ0v) is 12.7. The molecule has 0 heteroatoms. The Morgan fingerprint density at radius 2 is 1.59 bits per heavy atom. The van der Waals surface area contributed by atoms with E-state index < -0.39 is 0 Å². The van der Waals surface area contributed by atoms with Gasteiger partial charge in [-0.3, -0.25) is 0 Å². The zero-order chi connectivity index (χ0) is 12.7. The second-order valence-electron chi connectivity index (χ2n) is 6.77. The van der Waals surface area contributed by atoms with Crippen molar-refractivity contribution in [3.8, 4) is 0 Å². The first-order chi connectivity index (χ1) is 8.13. The Balaban J connectivity index is 2.00. The van der Waals surface area contributed by atoms with Gasteiger partial charge in [0, 0.05) is 0 Å². The third-order valence-corrected chi connectivity index (χ3v) is 5.27. The number of unbranched alkanes of at least 4 members (excludes halogenated alkanes) is 1. The van der Waals surface area contributed by atoms with E-state index in [9.17, 15) is 0 Å². The molecule has 17 heavy (non-hydrogen) atoms. The lowest BCUT2D eigenvalue weighted by Gasteiger charge is -2.26. The molecule has 1 aliphatic carbocycles. The average molecular weight is 238 g/mol. The summed E-state index contributed by atoms with van der Waals surface area (Å²) in [5.41, 5.74) is 0. The molecule has 2 unspecified atom stereocenters. The molecule has 0 aromatic heterocycles. The van der Waals surface area contributed by atoms with E-state index >= 15 is 0 Å². The molecule has 0 nitrogen and oxygen atoms in total. The highest BCUT2D eigenvalue weighted by atomic mass is 14.2. The molecule has 0 aliphatic heterocycles. The van der Waals surface area contributed by atoms with Crippen molar-refractivity contribution in [2.24, 2.45) is 23.7 Å². The number of hydrogen-bond acceptors (Lipinski definition) is 0. The topological polar surface area (TPSA) is 0 Å². The van der Waals surface area contributed by atoms with Crippen LogP contribution in [-0.4, -0.2) is 0 Å². The molecular formula is C17H34. The van der Waals surface area contributed by atoms with E-state index in [0.29, 0.717) is 0 Å². The van der Waals surface area contributed by atoms with Crippen molar-refractivity contribution in [3.63, 3.8) is 0 Å². The van der Waals surface area contributed by atoms with Crippen LogP contribution in [0.3, 0.4) is 0 Å². The molecule has 0 radical (unpaired) electrons. The summed E-state index contributed by atoms with van der Waals surface area (Å²) in [5.74, 6) is 3.94. The smallest absolute Gasteiger partial charge is 0.0414 e. The highest BCUT2D eigenvalue weighted by Crippen LogP contribution is 2.32. The van der Waals surface area contributed by atoms with Crippen LogP contribution in [-0.2, 0) is 0 Å². The maximum Gasteiger partial charge on any atom is -0.0414 e. The van der Waals surface area contributed by atoms with Gasteiger partial charge in [-0.2, -0.15) is 0 Å². The van der Waals surface area contributed by atoms with Gasteiger partial charge in [0.2, 0.25) is 0 Å². The van der Waals surface area contributed by atoms with Crippen molar-refractivity contribution in [1.29, 1.82) is 0 Å². The summed E-state index contributed by atoms with van der Waals surface area (Å²) < 4.78 is 0. The van der Waals surface area contributed by atoms with Crippen molar-refractivity contribution in [2.75, 3.05) is 0 Å². The fourth-order valence-corrected chi connectivity index (χ4v) is 3.20. The van der Waals surface area contributed by atoms with E-state index in [4.69, 9.17) is 0 Å². The van der Waals surface area contributed by atoms with Gasteiger partial charge < -0.3 is 0 Å². The van der Waals surface area contributed by atoms with Gasteiger partial charge in [-0.1, -0.05) is 85.5 Å². The third kappa shape index (κ3) is 5.93. The number of rotatable bonds is 7. The second kappa shape index (κ2) is 8.16. The molecule has 0 aromatic carbocycles. The molecule has 0 amide bonds. The minimum Gasteiger partial charge on any atom is -0.0651 e. The van der Waals surface area contributed by atoms with Gasteiger partial charge in [0.05, 0.1) is 0 Å². The minimum atomic E-state index is 0.922. The van der Waals surface area contributed by atoms with Gasteiger partial charge in [0.15, 0.2) is 0 Å². The zero-order valence-electron chi connectivity index (χ0n) is 12.7. The summed E-state index contributed by atoms with van der Waals surface area (Å²) in [6.45, 7) is 9.60. The van der Waals surface area contributed by atoms with E-state index in [1.807, 2.05) is 0 Å². The Labute approximate surface area is 110 Å². The van der Waals surface area contributed by atoms with Crippen molar-refractivity contribution >= 4 is 0 Å². The molecule has 0 bridgehead atoms. The van der Waals surface area contributed by atoms with E-state index in [1.165, 1.54) is 57.8 Å². The average Bonchev–Trinajstić information content (AvgIpc) is 2.35. The van der Waals surface area contributed by atoms with Gasteiger partial charge >= 0.3 is 0 Å². The molecule has 0 spiro atoms. The highest BCUT2D eigenvalue weighted by molar-refractivity contribution is 4.70. The van der Waals surface area contributed by atoms with Gasteiger partial charge in [-0.25, -0.2) is 0 Å². The molecule has 1 fully saturated rings. The van der Waals surface area contributed by atoms with Crippen molar-refractivity contribution in [3.05, 3.63) is 0 Å². The standard InChI is InChI=1S/C17H34/c1-5-15(3)16(4)8-6-7-9-17-12-10-14(2)11-13-17/h14-17H,5-13H2,1-4H3. The van der Waals surface area contributed by atoms with Crippen LogP contribution in [0, 0.1) is 23.7 Å². The van der Waals surface area contributed by atoms with Crippen LogP contribution in [0.4, 0.5) is 0 Å². The van der Waals surface area contributed by atoms with Crippen LogP contribution in [0.15, 0.2) is 0 Å². The van der Waals surface area contributed by atoms with Crippen molar-refractivity contribution in [2.45, 2.75) is 85.5 Å². The van der Waals surface area contributed by atoms with Crippen LogP contribution in [0.1, 0.15) is 85.5 Å². The van der Waals surface area contributed by atoms with Crippen molar-refractivity contribution in [1.82, 2.24) is 0 Å². The Hall–Kier alpha value is 0. The maximum absolute atomic E-state index is 2.44. The molecule has 1 rings (SSSR count). The molecule has 102 valence electrons. The predicted molar refractivity (Wildman–Crippen MR) is 78.2 cm³/mol. The molecule has 1 aliphatic rings. The lowest BCUT2D eigenvalue weighted by atomic mass is 9.80. The monoisotopic (exact) mass is 238 g/mol. The van der Waals surface area contributed by atoms with E-state index in [0.717, 1.165) is 23.7 Å². The fourth-order valence-electron chi connectivity index (χ4n) is 3.20. The lowest BCUT2D eigenvalue weighted by Crippen LogP contribution is -2.12. The van der Waals surface area contributed by atoms with E-state index in [-0.39, 0.29) is 0 Å². The van der Waals surface area contributed by atoms with E-state index in [1.54, 1.807) is 0 Å². The van der Waals surface area contributed by atoms with Crippen molar-refractivity contribution < 1.29 is 0 Å². The van der Waals surface area contributed by atoms with Gasteiger partial charge in [0.25, 0.3) is 0 Å². The first kappa shape index (κ1) is 15.1. The van der Waals surface area contributed by atoms with Gasteiger partial charge in [-0.15, -0.1) is 0 Å². The summed E-state index contributed by atoms with van der Waals surface area (Å²) in [7, 11) is 0. The summed E-state index contributed by atoms with van der Waals surface area (Å²) in [6, 6.07) is 0. The summed E-state index contributed by atoms with van der Waals surface area (Å²) in [4.78, 5) is 0. The summed E-state index contributed by atoms with van der Waals surface area (Å²) in [6.07, 6.45) is 13.3. The second-order valence-corrected chi connectivity index (χ2v) is 6.77. The Morgan fingerprint density at radius 3 is 2.18 bits per heavy atom. The van der Waals surface area contributed by atoms with Crippen LogP contribution < -0.4 is 0 Å². The highest BCUT2D eigenvalue weighted by Gasteiger charge is 2.17. The maximum atomic E-state index is 2.44. The lowest BCUT2D eigenvalue weighted by molar-refractivity contribution is 0.266. The summed E-state index contributed by atoms with van der Waals surface area (Å²) in [5, 5.41) is 0. The first-order valence-electron chi connectivity index (χ1n) is 8.13. The SMILES string of the molecule is CCC(C)C(C)CCCCC1CCC(C)CC1. The van der Waals surface area contributed by atoms with Gasteiger partial charge in [-0.05, 0) is 23.7 Å². The molecule has 2 atom stereocenters. The van der Waals surface area contributed by atoms with Crippen LogP contribution >= 0.6 is 0 Å². The predicted octanol–water partition coefficient (Wildman–Crippen LogP) is 6.06. The first-order valence-corrected chi connectivity index (χ1v) is 8.13. The third-order valence-electron chi connectivity index (χ3n) is 5.27. The van der Waals surface area contributed by atoms with E-state index in [2.05, 4.69) is 27.7 Å². The largest absolute Gasteiger partial charge is 0.0651 e. The minimum absolute atomic E-state index is 0.922. The molecule has 1 saturated carbocycles. The summed E-state index contributed by atoms with van der Waals surface area (Å²) >= 11 is 0. The Kier molecular flexibility index (Phi) is 7.23. The fraction of sp³-hybridized carbons (Fsp3) is 1.00. The molecule has 0 N–H and O–H groups in total. The molecule has 0 saturated heterocycles.